The summed E-state index contributed by atoms with van der Waals surface area (Å²) in [5.74, 6) is 2.31. The molecule has 6 nitrogen and oxygen atoms in total. The average Bonchev–Trinajstić information content (AvgIpc) is 3.17. The third-order valence-electron chi connectivity index (χ3n) is 5.41. The molecule has 1 aliphatic heterocycles. The number of aryl methyl sites for hydroxylation is 1. The molecule has 1 fully saturated rings. The van der Waals surface area contributed by atoms with Crippen molar-refractivity contribution in [2.45, 2.75) is 45.6 Å². The van der Waals surface area contributed by atoms with Crippen LogP contribution in [0.5, 0.6) is 5.75 Å². The van der Waals surface area contributed by atoms with Gasteiger partial charge in [0.25, 0.3) is 0 Å². The van der Waals surface area contributed by atoms with Crippen molar-refractivity contribution < 1.29 is 4.74 Å². The minimum atomic E-state index is 0.374. The average molecular weight is 365 g/mol. The summed E-state index contributed by atoms with van der Waals surface area (Å²) >= 11 is 0. The van der Waals surface area contributed by atoms with Crippen LogP contribution in [0.4, 0.5) is 5.69 Å². The molecule has 0 saturated carbocycles. The first-order chi connectivity index (χ1) is 13.1. The highest BCUT2D eigenvalue weighted by atomic mass is 16.5. The lowest BCUT2D eigenvalue weighted by atomic mass is 9.95. The predicted octanol–water partition coefficient (Wildman–Crippen LogP) is 4.11. The van der Waals surface area contributed by atoms with Gasteiger partial charge in [-0.15, -0.1) is 10.2 Å². The van der Waals surface area contributed by atoms with Gasteiger partial charge >= 0.3 is 0 Å². The van der Waals surface area contributed by atoms with E-state index in [2.05, 4.69) is 45.6 Å². The summed E-state index contributed by atoms with van der Waals surface area (Å²) in [4.78, 5) is 7.21. The fourth-order valence-corrected chi connectivity index (χ4v) is 4.10. The molecule has 2 aromatic heterocycles. The van der Waals surface area contributed by atoms with E-state index in [-0.39, 0.29) is 0 Å². The number of hydrogen-bond donors (Lipinski definition) is 0. The molecule has 3 aromatic rings. The van der Waals surface area contributed by atoms with Gasteiger partial charge in [-0.3, -0.25) is 0 Å². The van der Waals surface area contributed by atoms with Crippen molar-refractivity contribution in [3.05, 3.63) is 42.1 Å². The Morgan fingerprint density at radius 3 is 2.89 bits per heavy atom. The predicted molar refractivity (Wildman–Crippen MR) is 108 cm³/mol. The van der Waals surface area contributed by atoms with Crippen LogP contribution >= 0.6 is 0 Å². The molecule has 1 aliphatic rings. The fraction of sp³-hybridized carbons (Fsp3) is 0.476. The zero-order valence-corrected chi connectivity index (χ0v) is 16.5. The van der Waals surface area contributed by atoms with Crippen LogP contribution in [0.15, 0.2) is 30.6 Å². The van der Waals surface area contributed by atoms with E-state index in [1.807, 2.05) is 25.4 Å². The maximum absolute atomic E-state index is 5.54. The van der Waals surface area contributed by atoms with Gasteiger partial charge in [-0.05, 0) is 45.7 Å². The number of para-hydroxylation sites is 1. The second-order valence-corrected chi connectivity index (χ2v) is 7.61. The number of piperidine rings is 1. The van der Waals surface area contributed by atoms with Gasteiger partial charge in [0, 0.05) is 41.8 Å². The van der Waals surface area contributed by atoms with Crippen molar-refractivity contribution in [3.63, 3.8) is 0 Å². The van der Waals surface area contributed by atoms with Gasteiger partial charge in [0.05, 0.1) is 7.11 Å². The summed E-state index contributed by atoms with van der Waals surface area (Å²) in [6.07, 6.45) is 4.14. The molecule has 27 heavy (non-hydrogen) atoms. The lowest BCUT2D eigenvalue weighted by Gasteiger charge is -2.35. The number of rotatable bonds is 4. The minimum absolute atomic E-state index is 0.374. The Labute approximate surface area is 160 Å². The Morgan fingerprint density at radius 1 is 1.26 bits per heavy atom. The molecule has 0 spiro atoms. The third-order valence-corrected chi connectivity index (χ3v) is 5.41. The molecule has 3 heterocycles. The molecular formula is C21H27N5O. The van der Waals surface area contributed by atoms with Crippen LogP contribution in [0, 0.1) is 6.92 Å². The summed E-state index contributed by atoms with van der Waals surface area (Å²) in [6.45, 7) is 8.40. The van der Waals surface area contributed by atoms with Crippen LogP contribution in [0.2, 0.25) is 0 Å². The van der Waals surface area contributed by atoms with Gasteiger partial charge in [-0.1, -0.05) is 12.1 Å². The number of hydrogen-bond acceptors (Lipinski definition) is 5. The van der Waals surface area contributed by atoms with E-state index >= 15 is 0 Å². The Balaban J connectivity index is 1.72. The van der Waals surface area contributed by atoms with Crippen LogP contribution in [0.3, 0.4) is 0 Å². The van der Waals surface area contributed by atoms with E-state index in [0.29, 0.717) is 12.0 Å². The SMILES string of the molecule is COc1cccc2c(N3CCCC(c4nncn4C(C)C)C3)cc(C)nc12. The summed E-state index contributed by atoms with van der Waals surface area (Å²) in [6, 6.07) is 8.72. The highest BCUT2D eigenvalue weighted by molar-refractivity contribution is 5.95. The van der Waals surface area contributed by atoms with Crippen LogP contribution in [-0.4, -0.2) is 39.9 Å². The fourth-order valence-electron chi connectivity index (χ4n) is 4.10. The van der Waals surface area contributed by atoms with Crippen LogP contribution < -0.4 is 9.64 Å². The van der Waals surface area contributed by atoms with Crippen molar-refractivity contribution in [3.8, 4) is 5.75 Å². The number of ether oxygens (including phenoxy) is 1. The molecule has 1 unspecified atom stereocenters. The first-order valence-electron chi connectivity index (χ1n) is 9.67. The molecule has 1 saturated heterocycles. The first kappa shape index (κ1) is 17.8. The zero-order chi connectivity index (χ0) is 19.0. The second kappa shape index (κ2) is 7.18. The van der Waals surface area contributed by atoms with Crippen LogP contribution in [-0.2, 0) is 0 Å². The number of methoxy groups -OCH3 is 1. The lowest BCUT2D eigenvalue weighted by Crippen LogP contribution is -2.35. The highest BCUT2D eigenvalue weighted by Crippen LogP contribution is 2.36. The zero-order valence-electron chi connectivity index (χ0n) is 16.5. The summed E-state index contributed by atoms with van der Waals surface area (Å²) in [7, 11) is 1.70. The molecule has 6 heteroatoms. The Kier molecular flexibility index (Phi) is 4.72. The van der Waals surface area contributed by atoms with Gasteiger partial charge in [0.2, 0.25) is 0 Å². The molecule has 0 N–H and O–H groups in total. The van der Waals surface area contributed by atoms with E-state index < -0.39 is 0 Å². The molecule has 4 rings (SSSR count). The number of pyridine rings is 1. The smallest absolute Gasteiger partial charge is 0.145 e. The normalized spacial score (nSPS) is 17.7. The standard InChI is InChI=1S/C21H27N5O/c1-14(2)26-13-22-24-21(26)16-7-6-10-25(12-16)18-11-15(3)23-20-17(18)8-5-9-19(20)27-4/h5,8-9,11,13-14,16H,6-7,10,12H2,1-4H3. The Bertz CT molecular complexity index is 949. The summed E-state index contributed by atoms with van der Waals surface area (Å²) < 4.78 is 7.75. The Hall–Kier alpha value is -2.63. The van der Waals surface area contributed by atoms with Crippen molar-refractivity contribution in [2.75, 3.05) is 25.1 Å². The second-order valence-electron chi connectivity index (χ2n) is 7.61. The maximum Gasteiger partial charge on any atom is 0.145 e. The maximum atomic E-state index is 5.54. The molecule has 1 aromatic carbocycles. The number of fused-ring (bicyclic) bond motifs is 1. The van der Waals surface area contributed by atoms with Gasteiger partial charge in [0.1, 0.15) is 23.4 Å². The molecule has 0 radical (unpaired) electrons. The van der Waals surface area contributed by atoms with Crippen LogP contribution in [0.1, 0.15) is 50.2 Å². The quantitative estimate of drug-likeness (QED) is 0.696. The topological polar surface area (TPSA) is 56.1 Å². The number of nitrogens with zero attached hydrogens (tertiary/aromatic N) is 5. The molecule has 142 valence electrons. The molecular weight excluding hydrogens is 338 g/mol. The van der Waals surface area contributed by atoms with Crippen molar-refractivity contribution in [2.24, 2.45) is 0 Å². The molecule has 0 aliphatic carbocycles. The van der Waals surface area contributed by atoms with Gasteiger partial charge in [-0.25, -0.2) is 4.98 Å². The van der Waals surface area contributed by atoms with Gasteiger partial charge in [0.15, 0.2) is 0 Å². The first-order valence-corrected chi connectivity index (χ1v) is 9.67. The van der Waals surface area contributed by atoms with Crippen LogP contribution in [0.25, 0.3) is 10.9 Å². The Morgan fingerprint density at radius 2 is 2.11 bits per heavy atom. The number of benzene rings is 1. The monoisotopic (exact) mass is 365 g/mol. The number of anilines is 1. The van der Waals surface area contributed by atoms with Crippen molar-refractivity contribution >= 4 is 16.6 Å². The largest absolute Gasteiger partial charge is 0.494 e. The molecule has 0 bridgehead atoms. The van der Waals surface area contributed by atoms with E-state index in [9.17, 15) is 0 Å². The van der Waals surface area contributed by atoms with E-state index in [1.165, 1.54) is 5.69 Å². The third kappa shape index (κ3) is 3.24. The van der Waals surface area contributed by atoms with E-state index in [1.54, 1.807) is 7.11 Å². The summed E-state index contributed by atoms with van der Waals surface area (Å²) in [5.41, 5.74) is 3.17. The highest BCUT2D eigenvalue weighted by Gasteiger charge is 2.27. The van der Waals surface area contributed by atoms with Gasteiger partial charge < -0.3 is 14.2 Å². The van der Waals surface area contributed by atoms with Crippen molar-refractivity contribution in [1.82, 2.24) is 19.7 Å². The lowest BCUT2D eigenvalue weighted by molar-refractivity contribution is 0.419. The van der Waals surface area contributed by atoms with E-state index in [0.717, 1.165) is 54.1 Å². The van der Waals surface area contributed by atoms with Crippen molar-refractivity contribution in [1.29, 1.82) is 0 Å². The minimum Gasteiger partial charge on any atom is -0.494 e. The molecule has 0 amide bonds. The van der Waals surface area contributed by atoms with Gasteiger partial charge in [-0.2, -0.15) is 0 Å². The van der Waals surface area contributed by atoms with E-state index in [4.69, 9.17) is 9.72 Å². The number of aromatic nitrogens is 4. The summed E-state index contributed by atoms with van der Waals surface area (Å²) in [5, 5.41) is 9.77. The molecule has 1 atom stereocenters.